The monoisotopic (exact) mass is 917 g/mol. The first kappa shape index (κ1) is 60.4. The van der Waals surface area contributed by atoms with Gasteiger partial charge in [-0.15, -0.1) is 0 Å². The zero-order valence-electron chi connectivity index (χ0n) is 41.2. The topological polar surface area (TPSA) is 152 Å². The molecule has 0 aliphatic carbocycles. The maximum absolute atomic E-state index is 12.8. The molecule has 1 saturated heterocycles. The third-order valence-electron chi connectivity index (χ3n) is 11.9. The van der Waals surface area contributed by atoms with Crippen LogP contribution in [0.25, 0.3) is 0 Å². The van der Waals surface area contributed by atoms with Crippen LogP contribution in [0.1, 0.15) is 219 Å². The van der Waals surface area contributed by atoms with Gasteiger partial charge in [0.15, 0.2) is 12.4 Å². The van der Waals surface area contributed by atoms with E-state index in [0.717, 1.165) is 77.0 Å². The molecule has 0 amide bonds. The minimum atomic E-state index is -1.60. The lowest BCUT2D eigenvalue weighted by atomic mass is 9.99. The number of allylic oxidation sites excluding steroid dienone is 10. The van der Waals surface area contributed by atoms with E-state index in [1.807, 2.05) is 0 Å². The second-order valence-corrected chi connectivity index (χ2v) is 17.9. The van der Waals surface area contributed by atoms with Crippen molar-refractivity contribution in [3.8, 4) is 0 Å². The SMILES string of the molecule is CC/C=C\C/C=C\C/C=C\CCCCCCCCCC(=O)OC(COC(=O)CCCCCCCCCCCCC/C=C\C/C=C\CCCCCCC)COC1OC(CO)C(O)C(O)C1O. The van der Waals surface area contributed by atoms with Crippen LogP contribution in [0.4, 0.5) is 0 Å². The molecule has 1 fully saturated rings. The Morgan fingerprint density at radius 3 is 1.37 bits per heavy atom. The molecule has 1 heterocycles. The molecule has 10 nitrogen and oxygen atoms in total. The van der Waals surface area contributed by atoms with Crippen molar-refractivity contribution in [2.75, 3.05) is 19.8 Å². The van der Waals surface area contributed by atoms with Crippen LogP contribution >= 0.6 is 0 Å². The molecule has 0 aromatic carbocycles. The van der Waals surface area contributed by atoms with Crippen LogP contribution in [0.3, 0.4) is 0 Å². The van der Waals surface area contributed by atoms with Gasteiger partial charge >= 0.3 is 11.9 Å². The molecule has 0 spiro atoms. The molecule has 0 saturated carbocycles. The van der Waals surface area contributed by atoms with Gasteiger partial charge in [0, 0.05) is 12.8 Å². The lowest BCUT2D eigenvalue weighted by molar-refractivity contribution is -0.305. The molecule has 4 N–H and O–H groups in total. The number of unbranched alkanes of at least 4 members (excludes halogenated alkanes) is 23. The highest BCUT2D eigenvalue weighted by atomic mass is 16.7. The molecule has 0 aromatic heterocycles. The van der Waals surface area contributed by atoms with Crippen molar-refractivity contribution in [3.05, 3.63) is 60.8 Å². The minimum Gasteiger partial charge on any atom is -0.462 e. The van der Waals surface area contributed by atoms with E-state index in [1.54, 1.807) is 0 Å². The van der Waals surface area contributed by atoms with Gasteiger partial charge in [0.1, 0.15) is 31.0 Å². The predicted molar refractivity (Wildman–Crippen MR) is 265 cm³/mol. The summed E-state index contributed by atoms with van der Waals surface area (Å²) in [7, 11) is 0. The maximum atomic E-state index is 12.8. The highest BCUT2D eigenvalue weighted by Gasteiger charge is 2.44. The second-order valence-electron chi connectivity index (χ2n) is 17.9. The van der Waals surface area contributed by atoms with Gasteiger partial charge in [-0.05, 0) is 77.0 Å². The summed E-state index contributed by atoms with van der Waals surface area (Å²) in [6.45, 7) is 3.31. The van der Waals surface area contributed by atoms with E-state index in [-0.39, 0.29) is 32.0 Å². The van der Waals surface area contributed by atoms with E-state index in [0.29, 0.717) is 6.42 Å². The van der Waals surface area contributed by atoms with E-state index in [2.05, 4.69) is 74.6 Å². The summed E-state index contributed by atoms with van der Waals surface area (Å²) in [4.78, 5) is 25.5. The van der Waals surface area contributed by atoms with Crippen molar-refractivity contribution in [1.82, 2.24) is 0 Å². The minimum absolute atomic E-state index is 0.217. The Hall–Kier alpha value is -2.60. The van der Waals surface area contributed by atoms with Gasteiger partial charge in [-0.3, -0.25) is 9.59 Å². The Morgan fingerprint density at radius 2 is 0.908 bits per heavy atom. The molecule has 376 valence electrons. The number of esters is 2. The second kappa shape index (κ2) is 45.2. The molecule has 6 unspecified atom stereocenters. The molecule has 10 heteroatoms. The molecule has 6 atom stereocenters. The van der Waals surface area contributed by atoms with E-state index >= 15 is 0 Å². The van der Waals surface area contributed by atoms with Crippen molar-refractivity contribution in [1.29, 1.82) is 0 Å². The zero-order valence-corrected chi connectivity index (χ0v) is 41.2. The van der Waals surface area contributed by atoms with Gasteiger partial charge in [-0.2, -0.15) is 0 Å². The summed E-state index contributed by atoms with van der Waals surface area (Å²) in [5, 5.41) is 40.2. The number of carbonyl (C=O) groups excluding carboxylic acids is 2. The first-order valence-electron chi connectivity index (χ1n) is 26.4. The van der Waals surface area contributed by atoms with Gasteiger partial charge in [0.2, 0.25) is 0 Å². The average molecular weight is 917 g/mol. The molecule has 65 heavy (non-hydrogen) atoms. The highest BCUT2D eigenvalue weighted by Crippen LogP contribution is 2.23. The quantitative estimate of drug-likeness (QED) is 0.0264. The summed E-state index contributed by atoms with van der Waals surface area (Å²) in [6.07, 6.45) is 49.4. The normalized spacial score (nSPS) is 19.8. The fourth-order valence-electron chi connectivity index (χ4n) is 7.76. The summed E-state index contributed by atoms with van der Waals surface area (Å²) in [6, 6.07) is 0. The maximum Gasteiger partial charge on any atom is 0.306 e. The van der Waals surface area contributed by atoms with Gasteiger partial charge < -0.3 is 39.4 Å². The number of hydrogen-bond donors (Lipinski definition) is 4. The van der Waals surface area contributed by atoms with Gasteiger partial charge in [0.25, 0.3) is 0 Å². The van der Waals surface area contributed by atoms with E-state index < -0.39 is 49.4 Å². The van der Waals surface area contributed by atoms with Crippen LogP contribution in [0.2, 0.25) is 0 Å². The number of hydrogen-bond acceptors (Lipinski definition) is 10. The fourth-order valence-corrected chi connectivity index (χ4v) is 7.76. The number of ether oxygens (including phenoxy) is 4. The van der Waals surface area contributed by atoms with E-state index in [4.69, 9.17) is 18.9 Å². The number of carbonyl (C=O) groups is 2. The Labute approximate surface area is 396 Å². The summed E-state index contributed by atoms with van der Waals surface area (Å²) in [5.74, 6) is -0.818. The molecular formula is C55H96O10. The van der Waals surface area contributed by atoms with Crippen molar-refractivity contribution in [2.24, 2.45) is 0 Å². The Bertz CT molecular complexity index is 1240. The summed E-state index contributed by atoms with van der Waals surface area (Å²) >= 11 is 0. The van der Waals surface area contributed by atoms with Crippen molar-refractivity contribution >= 4 is 11.9 Å². The van der Waals surface area contributed by atoms with Gasteiger partial charge in [0.05, 0.1) is 13.2 Å². The highest BCUT2D eigenvalue weighted by molar-refractivity contribution is 5.70. The smallest absolute Gasteiger partial charge is 0.306 e. The Balaban J connectivity index is 2.24. The standard InChI is InChI=1S/C55H96O10/c1-3-5-7-9-11-13-15-17-19-21-22-23-24-25-26-28-29-31-33-35-37-39-41-43-50(57)62-46-48(47-63-55-54(61)53(60)52(59)49(45-56)65-55)64-51(58)44-42-40-38-36-34-32-30-27-20-18-16-14-12-10-8-6-4-2/h6,8,12,14-15,17-18,20-22,48-49,52-56,59-61H,3-5,7,9-11,13,16,19,23-47H2,1-2H3/b8-6-,14-12-,17-15-,20-18-,22-21-. The molecule has 0 aromatic rings. The average Bonchev–Trinajstić information content (AvgIpc) is 3.30. The predicted octanol–water partition coefficient (Wildman–Crippen LogP) is 12.6. The van der Waals surface area contributed by atoms with Gasteiger partial charge in [-0.25, -0.2) is 0 Å². The van der Waals surface area contributed by atoms with Gasteiger partial charge in [-0.1, -0.05) is 190 Å². The Kier molecular flexibility index (Phi) is 42.0. The van der Waals surface area contributed by atoms with Crippen molar-refractivity contribution in [2.45, 2.75) is 256 Å². The van der Waals surface area contributed by atoms with Crippen LogP contribution in [-0.2, 0) is 28.5 Å². The van der Waals surface area contributed by atoms with Crippen LogP contribution < -0.4 is 0 Å². The van der Waals surface area contributed by atoms with Crippen LogP contribution in [0.15, 0.2) is 60.8 Å². The molecule has 1 rings (SSSR count). The van der Waals surface area contributed by atoms with Crippen LogP contribution in [0.5, 0.6) is 0 Å². The lowest BCUT2D eigenvalue weighted by Crippen LogP contribution is -2.59. The molecule has 1 aliphatic rings. The van der Waals surface area contributed by atoms with Crippen molar-refractivity contribution in [3.63, 3.8) is 0 Å². The summed E-state index contributed by atoms with van der Waals surface area (Å²) in [5.41, 5.74) is 0. The zero-order chi connectivity index (χ0) is 47.3. The Morgan fingerprint density at radius 1 is 0.492 bits per heavy atom. The first-order chi connectivity index (χ1) is 31.8. The van der Waals surface area contributed by atoms with Crippen LogP contribution in [-0.4, -0.2) is 89.0 Å². The van der Waals surface area contributed by atoms with E-state index in [1.165, 1.54) is 109 Å². The lowest BCUT2D eigenvalue weighted by Gasteiger charge is -2.39. The number of aliphatic hydroxyl groups is 4. The molecular weight excluding hydrogens is 821 g/mol. The number of rotatable bonds is 44. The first-order valence-corrected chi connectivity index (χ1v) is 26.4. The van der Waals surface area contributed by atoms with E-state index in [9.17, 15) is 30.0 Å². The third kappa shape index (κ3) is 36.2. The molecule has 1 aliphatic heterocycles. The summed E-state index contributed by atoms with van der Waals surface area (Å²) < 4.78 is 22.2. The third-order valence-corrected chi connectivity index (χ3v) is 11.9. The fraction of sp³-hybridized carbons (Fsp3) is 0.782. The number of aliphatic hydroxyl groups excluding tert-OH is 4. The molecule has 0 bridgehead atoms. The largest absolute Gasteiger partial charge is 0.462 e. The molecule has 0 radical (unpaired) electrons. The van der Waals surface area contributed by atoms with Crippen LogP contribution in [0, 0.1) is 0 Å². The van der Waals surface area contributed by atoms with Crippen molar-refractivity contribution < 1.29 is 49.0 Å².